The molecule has 0 radical (unpaired) electrons. The quantitative estimate of drug-likeness (QED) is 0.235. The van der Waals surface area contributed by atoms with E-state index in [4.69, 9.17) is 0 Å². The molecule has 4 heteroatoms. The molecule has 0 N–H and O–H groups in total. The molecule has 0 spiro atoms. The molecule has 0 aliphatic carbocycles. The summed E-state index contributed by atoms with van der Waals surface area (Å²) in [5, 5.41) is 0. The van der Waals surface area contributed by atoms with Crippen LogP contribution in [0.4, 0.5) is 0 Å². The first-order chi connectivity index (χ1) is 16.5. The van der Waals surface area contributed by atoms with E-state index in [1.54, 1.807) is 97.1 Å². The molecule has 0 bridgehead atoms. The number of hydrogen-bond donors (Lipinski definition) is 0. The topological polar surface area (TPSA) is 68.3 Å². The van der Waals surface area contributed by atoms with Crippen LogP contribution in [0.1, 0.15) is 54.3 Å². The summed E-state index contributed by atoms with van der Waals surface area (Å²) in [7, 11) is 0. The normalized spacial score (nSPS) is 9.88. The molecule has 0 fully saturated rings. The van der Waals surface area contributed by atoms with Gasteiger partial charge in [0.25, 0.3) is 0 Å². The first-order valence-electron chi connectivity index (χ1n) is 10.9. The Morgan fingerprint density at radius 1 is 0.324 bits per heavy atom. The lowest BCUT2D eigenvalue weighted by atomic mass is 10.0. The summed E-state index contributed by atoms with van der Waals surface area (Å²) >= 11 is 0. The Bertz CT molecular complexity index is 1030. The van der Waals surface area contributed by atoms with Crippen molar-refractivity contribution in [1.82, 2.24) is 0 Å². The first kappa shape index (κ1) is 24.2. The highest BCUT2D eigenvalue weighted by Gasteiger charge is 2.13. The molecule has 4 rings (SSSR count). The van der Waals surface area contributed by atoms with Gasteiger partial charge < -0.3 is 0 Å². The van der Waals surface area contributed by atoms with Gasteiger partial charge in [-0.15, -0.1) is 0 Å². The van der Waals surface area contributed by atoms with Gasteiger partial charge in [0.05, 0.1) is 12.8 Å². The van der Waals surface area contributed by atoms with E-state index < -0.39 is 0 Å². The van der Waals surface area contributed by atoms with Crippen LogP contribution in [0.5, 0.6) is 0 Å². The fourth-order valence-corrected chi connectivity index (χ4v) is 3.20. The van der Waals surface area contributed by atoms with Gasteiger partial charge >= 0.3 is 0 Å². The average molecular weight is 449 g/mol. The fraction of sp³-hybridized carbons (Fsp3) is 0.0667. The van der Waals surface area contributed by atoms with Crippen LogP contribution in [0.2, 0.25) is 0 Å². The van der Waals surface area contributed by atoms with Gasteiger partial charge in [-0.1, -0.05) is 121 Å². The van der Waals surface area contributed by atoms with Gasteiger partial charge in [-0.2, -0.15) is 0 Å². The van der Waals surface area contributed by atoms with Gasteiger partial charge in [0.2, 0.25) is 0 Å². The number of carbonyl (C=O) groups excluding carboxylic acids is 4. The van der Waals surface area contributed by atoms with Gasteiger partial charge in [-0.3, -0.25) is 19.2 Å². The van der Waals surface area contributed by atoms with Crippen molar-refractivity contribution in [1.29, 1.82) is 0 Å². The third-order valence-corrected chi connectivity index (χ3v) is 5.03. The molecule has 0 heterocycles. The zero-order valence-electron chi connectivity index (χ0n) is 18.6. The van der Waals surface area contributed by atoms with Crippen LogP contribution in [0.3, 0.4) is 0 Å². The van der Waals surface area contributed by atoms with E-state index in [-0.39, 0.29) is 36.0 Å². The van der Waals surface area contributed by atoms with Gasteiger partial charge in [0.15, 0.2) is 23.1 Å². The van der Waals surface area contributed by atoms with Gasteiger partial charge in [0, 0.05) is 22.3 Å². The molecule has 4 aromatic carbocycles. The van der Waals surface area contributed by atoms with E-state index in [2.05, 4.69) is 0 Å². The Morgan fingerprint density at radius 3 is 0.676 bits per heavy atom. The molecule has 4 aromatic rings. The lowest BCUT2D eigenvalue weighted by Crippen LogP contribution is -2.08. The molecule has 0 saturated heterocycles. The number of carbonyl (C=O) groups is 4. The molecular weight excluding hydrogens is 424 g/mol. The molecule has 0 amide bonds. The van der Waals surface area contributed by atoms with Crippen LogP contribution in [0, 0.1) is 0 Å². The maximum Gasteiger partial charge on any atom is 0.170 e. The fourth-order valence-electron chi connectivity index (χ4n) is 3.20. The van der Waals surface area contributed by atoms with E-state index in [0.717, 1.165) is 0 Å². The Balaban J connectivity index is 0.000000191. The van der Waals surface area contributed by atoms with Crippen molar-refractivity contribution < 1.29 is 19.2 Å². The monoisotopic (exact) mass is 448 g/mol. The maximum atomic E-state index is 11.8. The van der Waals surface area contributed by atoms with Crippen LogP contribution in [0.15, 0.2) is 121 Å². The average Bonchev–Trinajstić information content (AvgIpc) is 2.91. The lowest BCUT2D eigenvalue weighted by molar-refractivity contribution is 0.0878. The lowest BCUT2D eigenvalue weighted by Gasteiger charge is -2.00. The number of hydrogen-bond acceptors (Lipinski definition) is 4. The number of benzene rings is 4. The van der Waals surface area contributed by atoms with Crippen molar-refractivity contribution in [2.75, 3.05) is 0 Å². The molecule has 0 aliphatic rings. The highest BCUT2D eigenvalue weighted by atomic mass is 16.2. The molecular formula is C30H24O4. The van der Waals surface area contributed by atoms with Gasteiger partial charge in [-0.25, -0.2) is 0 Å². The number of rotatable bonds is 8. The van der Waals surface area contributed by atoms with E-state index >= 15 is 0 Å². The second-order valence-electron chi connectivity index (χ2n) is 7.51. The van der Waals surface area contributed by atoms with Crippen molar-refractivity contribution in [3.8, 4) is 0 Å². The predicted octanol–water partition coefficient (Wildman–Crippen LogP) is 6.28. The molecule has 0 saturated carbocycles. The van der Waals surface area contributed by atoms with Crippen molar-refractivity contribution in [2.45, 2.75) is 12.8 Å². The van der Waals surface area contributed by atoms with Crippen LogP contribution in [-0.2, 0) is 0 Å². The smallest absolute Gasteiger partial charge is 0.170 e. The largest absolute Gasteiger partial charge is 0.294 e. The summed E-state index contributed by atoms with van der Waals surface area (Å²) in [6, 6.07) is 35.5. The van der Waals surface area contributed by atoms with Crippen LogP contribution < -0.4 is 0 Å². The summed E-state index contributed by atoms with van der Waals surface area (Å²) in [5.74, 6) is -0.558. The Kier molecular flexibility index (Phi) is 8.94. The van der Waals surface area contributed by atoms with E-state index in [9.17, 15) is 19.2 Å². The van der Waals surface area contributed by atoms with E-state index in [1.807, 2.05) is 24.3 Å². The van der Waals surface area contributed by atoms with E-state index in [0.29, 0.717) is 22.3 Å². The van der Waals surface area contributed by atoms with Crippen molar-refractivity contribution in [3.05, 3.63) is 144 Å². The number of ketones is 4. The van der Waals surface area contributed by atoms with Crippen LogP contribution in [-0.4, -0.2) is 23.1 Å². The van der Waals surface area contributed by atoms with Crippen LogP contribution in [0.25, 0.3) is 0 Å². The first-order valence-corrected chi connectivity index (χ1v) is 10.9. The van der Waals surface area contributed by atoms with Gasteiger partial charge in [0.1, 0.15) is 0 Å². The zero-order chi connectivity index (χ0) is 24.2. The third kappa shape index (κ3) is 7.31. The highest BCUT2D eigenvalue weighted by Crippen LogP contribution is 2.09. The molecule has 34 heavy (non-hydrogen) atoms. The summed E-state index contributed by atoms with van der Waals surface area (Å²) in [6.07, 6.45) is -0.151. The minimum absolute atomic E-state index is 0.0754. The highest BCUT2D eigenvalue weighted by molar-refractivity contribution is 6.14. The molecule has 0 aliphatic heterocycles. The summed E-state index contributed by atoms with van der Waals surface area (Å²) in [4.78, 5) is 47.2. The molecule has 0 atom stereocenters. The Labute approximate surface area is 198 Å². The SMILES string of the molecule is O=C(CC(=O)c1ccccc1)c1ccccc1.O=C(CC(=O)c1ccccc1)c1ccccc1. The molecule has 0 aromatic heterocycles. The minimum atomic E-state index is -0.139. The predicted molar refractivity (Wildman–Crippen MR) is 132 cm³/mol. The Morgan fingerprint density at radius 2 is 0.500 bits per heavy atom. The van der Waals surface area contributed by atoms with Crippen molar-refractivity contribution in [3.63, 3.8) is 0 Å². The standard InChI is InChI=1S/2C15H12O2/c2*16-14(12-7-3-1-4-8-12)11-15(17)13-9-5-2-6-10-13/h2*1-10H,11H2. The third-order valence-electron chi connectivity index (χ3n) is 5.03. The maximum absolute atomic E-state index is 11.8. The molecule has 4 nitrogen and oxygen atoms in total. The second kappa shape index (κ2) is 12.6. The van der Waals surface area contributed by atoms with Crippen LogP contribution >= 0.6 is 0 Å². The second-order valence-corrected chi connectivity index (χ2v) is 7.51. The molecule has 168 valence electrons. The summed E-state index contributed by atoms with van der Waals surface area (Å²) in [6.45, 7) is 0. The van der Waals surface area contributed by atoms with Gasteiger partial charge in [-0.05, 0) is 0 Å². The minimum Gasteiger partial charge on any atom is -0.294 e. The zero-order valence-corrected chi connectivity index (χ0v) is 18.6. The van der Waals surface area contributed by atoms with Crippen molar-refractivity contribution in [2.24, 2.45) is 0 Å². The van der Waals surface area contributed by atoms with Crippen molar-refractivity contribution >= 4 is 23.1 Å². The number of Topliss-reactive ketones (excluding diaryl/α,β-unsaturated/α-hetero) is 4. The summed E-state index contributed by atoms with van der Waals surface area (Å²) in [5.41, 5.74) is 2.32. The Hall–Kier alpha value is -4.44. The van der Waals surface area contributed by atoms with E-state index in [1.165, 1.54) is 0 Å². The molecule has 0 unspecified atom stereocenters. The summed E-state index contributed by atoms with van der Waals surface area (Å²) < 4.78 is 0.